The van der Waals surface area contributed by atoms with Gasteiger partial charge in [-0.3, -0.25) is 0 Å². The van der Waals surface area contributed by atoms with E-state index in [0.717, 1.165) is 34.4 Å². The van der Waals surface area contributed by atoms with Crippen molar-refractivity contribution in [1.82, 2.24) is 0 Å². The van der Waals surface area contributed by atoms with Crippen LogP contribution in [-0.4, -0.2) is 6.04 Å². The van der Waals surface area contributed by atoms with Gasteiger partial charge in [-0.25, -0.2) is 0 Å². The standard InChI is InChI=1S/C18H22BrNO/c1-4-16(20)11-14-10-15(19)5-6-18(14)21-17-8-12(2)7-13(3)9-17/h5-10,16H,4,11,20H2,1-3H3. The molecule has 2 aromatic carbocycles. The molecule has 0 spiro atoms. The van der Waals surface area contributed by atoms with Crippen LogP contribution in [0.4, 0.5) is 0 Å². The molecule has 3 heteroatoms. The van der Waals surface area contributed by atoms with Crippen LogP contribution >= 0.6 is 15.9 Å². The van der Waals surface area contributed by atoms with Gasteiger partial charge in [-0.1, -0.05) is 28.9 Å². The van der Waals surface area contributed by atoms with Crippen molar-refractivity contribution in [3.05, 3.63) is 57.6 Å². The van der Waals surface area contributed by atoms with Gasteiger partial charge in [0.2, 0.25) is 0 Å². The third-order valence-corrected chi connectivity index (χ3v) is 3.95. The third kappa shape index (κ3) is 4.58. The molecule has 0 saturated carbocycles. The lowest BCUT2D eigenvalue weighted by Crippen LogP contribution is -2.21. The molecular weight excluding hydrogens is 326 g/mol. The van der Waals surface area contributed by atoms with E-state index in [-0.39, 0.29) is 6.04 Å². The summed E-state index contributed by atoms with van der Waals surface area (Å²) in [5.41, 5.74) is 9.64. The lowest BCUT2D eigenvalue weighted by Gasteiger charge is -2.15. The number of hydrogen-bond donors (Lipinski definition) is 1. The molecule has 2 nitrogen and oxygen atoms in total. The van der Waals surface area contributed by atoms with Gasteiger partial charge in [0.05, 0.1) is 0 Å². The van der Waals surface area contributed by atoms with Gasteiger partial charge >= 0.3 is 0 Å². The molecule has 2 aromatic rings. The average Bonchev–Trinajstić information content (AvgIpc) is 2.40. The molecule has 2 N–H and O–H groups in total. The van der Waals surface area contributed by atoms with E-state index in [9.17, 15) is 0 Å². The van der Waals surface area contributed by atoms with Crippen molar-refractivity contribution in [3.63, 3.8) is 0 Å². The lowest BCUT2D eigenvalue weighted by atomic mass is 10.0. The molecule has 0 bridgehead atoms. The molecule has 0 saturated heterocycles. The van der Waals surface area contributed by atoms with Crippen LogP contribution in [0.3, 0.4) is 0 Å². The van der Waals surface area contributed by atoms with Crippen LogP contribution in [-0.2, 0) is 6.42 Å². The van der Waals surface area contributed by atoms with Gasteiger partial charge in [-0.05, 0) is 73.7 Å². The van der Waals surface area contributed by atoms with Crippen LogP contribution < -0.4 is 10.5 Å². The molecule has 0 aliphatic rings. The quantitative estimate of drug-likeness (QED) is 0.812. The third-order valence-electron chi connectivity index (χ3n) is 3.45. The number of rotatable bonds is 5. The molecule has 0 aliphatic heterocycles. The van der Waals surface area contributed by atoms with Crippen LogP contribution in [0.25, 0.3) is 0 Å². The Kier molecular flexibility index (Phi) is 5.43. The molecular formula is C18H22BrNO. The highest BCUT2D eigenvalue weighted by Crippen LogP contribution is 2.30. The van der Waals surface area contributed by atoms with E-state index in [2.05, 4.69) is 61.0 Å². The predicted octanol–water partition coefficient (Wildman–Crippen LogP) is 5.14. The number of aryl methyl sites for hydroxylation is 2. The second kappa shape index (κ2) is 7.10. The summed E-state index contributed by atoms with van der Waals surface area (Å²) in [5, 5.41) is 0. The second-order valence-corrected chi connectivity index (χ2v) is 6.47. The van der Waals surface area contributed by atoms with Crippen molar-refractivity contribution in [2.45, 2.75) is 39.7 Å². The van der Waals surface area contributed by atoms with Crippen LogP contribution in [0, 0.1) is 13.8 Å². The van der Waals surface area contributed by atoms with Crippen LogP contribution in [0.1, 0.15) is 30.0 Å². The number of nitrogens with two attached hydrogens (primary N) is 1. The van der Waals surface area contributed by atoms with E-state index in [1.54, 1.807) is 0 Å². The van der Waals surface area contributed by atoms with Gasteiger partial charge in [0.25, 0.3) is 0 Å². The first-order valence-corrected chi connectivity index (χ1v) is 8.07. The van der Waals surface area contributed by atoms with E-state index in [1.165, 1.54) is 11.1 Å². The minimum Gasteiger partial charge on any atom is -0.457 e. The van der Waals surface area contributed by atoms with Crippen LogP contribution in [0.5, 0.6) is 11.5 Å². The van der Waals surface area contributed by atoms with Crippen molar-refractivity contribution < 1.29 is 4.74 Å². The summed E-state index contributed by atoms with van der Waals surface area (Å²) in [6.07, 6.45) is 1.77. The summed E-state index contributed by atoms with van der Waals surface area (Å²) < 4.78 is 7.14. The van der Waals surface area contributed by atoms with Gasteiger partial charge in [0.1, 0.15) is 11.5 Å². The van der Waals surface area contributed by atoms with Crippen LogP contribution in [0.2, 0.25) is 0 Å². The highest BCUT2D eigenvalue weighted by Gasteiger charge is 2.10. The Balaban J connectivity index is 2.30. The zero-order chi connectivity index (χ0) is 15.4. The highest BCUT2D eigenvalue weighted by molar-refractivity contribution is 9.10. The highest BCUT2D eigenvalue weighted by atomic mass is 79.9. The Bertz CT molecular complexity index is 604. The summed E-state index contributed by atoms with van der Waals surface area (Å²) in [6, 6.07) is 12.5. The van der Waals surface area contributed by atoms with E-state index in [0.29, 0.717) is 0 Å². The number of ether oxygens (including phenoxy) is 1. The molecule has 0 radical (unpaired) electrons. The van der Waals surface area contributed by atoms with Crippen LogP contribution in [0.15, 0.2) is 40.9 Å². The summed E-state index contributed by atoms with van der Waals surface area (Å²) in [4.78, 5) is 0. The van der Waals surface area contributed by atoms with Gasteiger partial charge in [0, 0.05) is 10.5 Å². The molecule has 2 rings (SSSR count). The zero-order valence-corrected chi connectivity index (χ0v) is 14.4. The van der Waals surface area contributed by atoms with Gasteiger partial charge in [-0.2, -0.15) is 0 Å². The minimum atomic E-state index is 0.154. The van der Waals surface area contributed by atoms with Crippen molar-refractivity contribution in [3.8, 4) is 11.5 Å². The maximum absolute atomic E-state index is 6.10. The first-order valence-electron chi connectivity index (χ1n) is 7.28. The lowest BCUT2D eigenvalue weighted by molar-refractivity contribution is 0.471. The number of halogens is 1. The Morgan fingerprint density at radius 1 is 1.10 bits per heavy atom. The predicted molar refractivity (Wildman–Crippen MR) is 92.1 cm³/mol. The van der Waals surface area contributed by atoms with E-state index in [4.69, 9.17) is 10.5 Å². The summed E-state index contributed by atoms with van der Waals surface area (Å²) in [5.74, 6) is 1.76. The Hall–Kier alpha value is -1.32. The molecule has 112 valence electrons. The monoisotopic (exact) mass is 347 g/mol. The van der Waals surface area contributed by atoms with E-state index >= 15 is 0 Å². The Morgan fingerprint density at radius 3 is 2.38 bits per heavy atom. The molecule has 0 heterocycles. The Labute approximate surface area is 135 Å². The first-order chi connectivity index (χ1) is 9.97. The maximum atomic E-state index is 6.10. The molecule has 0 fully saturated rings. The maximum Gasteiger partial charge on any atom is 0.130 e. The normalized spacial score (nSPS) is 12.2. The summed E-state index contributed by atoms with van der Waals surface area (Å²) >= 11 is 3.52. The fraction of sp³-hybridized carbons (Fsp3) is 0.333. The number of hydrogen-bond acceptors (Lipinski definition) is 2. The average molecular weight is 348 g/mol. The largest absolute Gasteiger partial charge is 0.457 e. The van der Waals surface area contributed by atoms with Crippen molar-refractivity contribution in [2.24, 2.45) is 5.73 Å². The minimum absolute atomic E-state index is 0.154. The van der Waals surface area contributed by atoms with Crippen molar-refractivity contribution in [2.75, 3.05) is 0 Å². The molecule has 1 atom stereocenters. The molecule has 0 aromatic heterocycles. The van der Waals surface area contributed by atoms with Gasteiger partial charge in [0.15, 0.2) is 0 Å². The summed E-state index contributed by atoms with van der Waals surface area (Å²) in [7, 11) is 0. The topological polar surface area (TPSA) is 35.2 Å². The second-order valence-electron chi connectivity index (χ2n) is 5.55. The first kappa shape index (κ1) is 16.1. The fourth-order valence-electron chi connectivity index (χ4n) is 2.35. The Morgan fingerprint density at radius 2 is 1.76 bits per heavy atom. The molecule has 21 heavy (non-hydrogen) atoms. The fourth-order valence-corrected chi connectivity index (χ4v) is 2.76. The van der Waals surface area contributed by atoms with E-state index in [1.807, 2.05) is 12.1 Å². The van der Waals surface area contributed by atoms with E-state index < -0.39 is 0 Å². The number of benzene rings is 2. The van der Waals surface area contributed by atoms with Crippen molar-refractivity contribution in [1.29, 1.82) is 0 Å². The SMILES string of the molecule is CCC(N)Cc1cc(Br)ccc1Oc1cc(C)cc(C)c1. The molecule has 0 amide bonds. The summed E-state index contributed by atoms with van der Waals surface area (Å²) in [6.45, 7) is 6.26. The smallest absolute Gasteiger partial charge is 0.130 e. The molecule has 1 unspecified atom stereocenters. The van der Waals surface area contributed by atoms with Gasteiger partial charge in [-0.15, -0.1) is 0 Å². The molecule has 0 aliphatic carbocycles. The zero-order valence-electron chi connectivity index (χ0n) is 12.8. The van der Waals surface area contributed by atoms with Gasteiger partial charge < -0.3 is 10.5 Å². The van der Waals surface area contributed by atoms with Crippen molar-refractivity contribution >= 4 is 15.9 Å².